The minimum absolute atomic E-state index is 0.293. The van der Waals surface area contributed by atoms with Crippen LogP contribution in [0, 0.1) is 0 Å². The summed E-state index contributed by atoms with van der Waals surface area (Å²) in [6, 6.07) is 12.7. The SMILES string of the molecule is COc1ccc(CCNS(=O)(=O)c2ccc3c(c2)CCCO3)cc1. The summed E-state index contributed by atoms with van der Waals surface area (Å²) in [7, 11) is -1.89. The zero-order valence-electron chi connectivity index (χ0n) is 13.6. The summed E-state index contributed by atoms with van der Waals surface area (Å²) in [5, 5.41) is 0. The smallest absolute Gasteiger partial charge is 0.240 e. The summed E-state index contributed by atoms with van der Waals surface area (Å²) < 4.78 is 38.2. The minimum Gasteiger partial charge on any atom is -0.497 e. The number of methoxy groups -OCH3 is 1. The van der Waals surface area contributed by atoms with Crippen molar-refractivity contribution >= 4 is 10.0 Å². The van der Waals surface area contributed by atoms with E-state index >= 15 is 0 Å². The second-order valence-corrected chi connectivity index (χ2v) is 7.48. The van der Waals surface area contributed by atoms with Gasteiger partial charge in [0.2, 0.25) is 10.0 Å². The first-order chi connectivity index (χ1) is 11.6. The van der Waals surface area contributed by atoms with E-state index in [9.17, 15) is 8.42 Å². The van der Waals surface area contributed by atoms with Crippen LogP contribution >= 0.6 is 0 Å². The highest BCUT2D eigenvalue weighted by Gasteiger charge is 2.18. The van der Waals surface area contributed by atoms with Crippen LogP contribution < -0.4 is 14.2 Å². The molecule has 0 bridgehead atoms. The topological polar surface area (TPSA) is 64.6 Å². The van der Waals surface area contributed by atoms with E-state index in [2.05, 4.69) is 4.72 Å². The number of ether oxygens (including phenoxy) is 2. The van der Waals surface area contributed by atoms with E-state index < -0.39 is 10.0 Å². The highest BCUT2D eigenvalue weighted by molar-refractivity contribution is 7.89. The molecule has 24 heavy (non-hydrogen) atoms. The third-order valence-corrected chi connectivity index (χ3v) is 5.51. The molecule has 0 radical (unpaired) electrons. The van der Waals surface area contributed by atoms with E-state index in [4.69, 9.17) is 9.47 Å². The largest absolute Gasteiger partial charge is 0.497 e. The van der Waals surface area contributed by atoms with E-state index in [1.165, 1.54) is 0 Å². The predicted molar refractivity (Wildman–Crippen MR) is 92.1 cm³/mol. The fourth-order valence-electron chi connectivity index (χ4n) is 2.71. The average molecular weight is 347 g/mol. The van der Waals surface area contributed by atoms with Gasteiger partial charge in [0.15, 0.2) is 0 Å². The molecule has 2 aromatic rings. The Morgan fingerprint density at radius 3 is 2.71 bits per heavy atom. The molecule has 0 aliphatic carbocycles. The number of fused-ring (bicyclic) bond motifs is 1. The maximum atomic E-state index is 12.4. The summed E-state index contributed by atoms with van der Waals surface area (Å²) in [6.07, 6.45) is 2.39. The first-order valence-electron chi connectivity index (χ1n) is 7.97. The average Bonchev–Trinajstić information content (AvgIpc) is 2.62. The summed E-state index contributed by atoms with van der Waals surface area (Å²) >= 11 is 0. The van der Waals surface area contributed by atoms with E-state index in [-0.39, 0.29) is 0 Å². The molecule has 1 aliphatic rings. The van der Waals surface area contributed by atoms with E-state index in [1.54, 1.807) is 25.3 Å². The standard InChI is InChI=1S/C18H21NO4S/c1-22-16-6-4-14(5-7-16)10-11-19-24(20,21)17-8-9-18-15(13-17)3-2-12-23-18/h4-9,13,19H,2-3,10-12H2,1H3. The number of sulfonamides is 1. The van der Waals surface area contributed by atoms with Crippen LogP contribution in [0.3, 0.4) is 0 Å². The van der Waals surface area contributed by atoms with Crippen molar-refractivity contribution in [2.75, 3.05) is 20.3 Å². The van der Waals surface area contributed by atoms with Gasteiger partial charge >= 0.3 is 0 Å². The van der Waals surface area contributed by atoms with E-state index in [0.717, 1.165) is 35.5 Å². The zero-order chi connectivity index (χ0) is 17.0. The molecule has 0 aromatic heterocycles. The maximum Gasteiger partial charge on any atom is 0.240 e. The highest BCUT2D eigenvalue weighted by atomic mass is 32.2. The highest BCUT2D eigenvalue weighted by Crippen LogP contribution is 2.27. The predicted octanol–water partition coefficient (Wildman–Crippen LogP) is 2.54. The summed E-state index contributed by atoms with van der Waals surface area (Å²) in [5.41, 5.74) is 2.01. The first-order valence-corrected chi connectivity index (χ1v) is 9.45. The molecular formula is C18H21NO4S. The monoisotopic (exact) mass is 347 g/mol. The Hall–Kier alpha value is -2.05. The van der Waals surface area contributed by atoms with Gasteiger partial charge in [0.25, 0.3) is 0 Å². The molecule has 0 unspecified atom stereocenters. The lowest BCUT2D eigenvalue weighted by Gasteiger charge is -2.18. The zero-order valence-corrected chi connectivity index (χ0v) is 14.4. The van der Waals surface area contributed by atoms with Gasteiger partial charge in [-0.2, -0.15) is 0 Å². The number of benzene rings is 2. The van der Waals surface area contributed by atoms with Crippen LogP contribution in [0.2, 0.25) is 0 Å². The van der Waals surface area contributed by atoms with Gasteiger partial charge in [0.05, 0.1) is 18.6 Å². The molecule has 0 spiro atoms. The van der Waals surface area contributed by atoms with Crippen LogP contribution in [0.25, 0.3) is 0 Å². The van der Waals surface area contributed by atoms with Crippen molar-refractivity contribution in [3.05, 3.63) is 53.6 Å². The molecule has 0 saturated carbocycles. The van der Waals surface area contributed by atoms with Crippen LogP contribution in [-0.2, 0) is 22.9 Å². The Kier molecular flexibility index (Phi) is 5.06. The molecular weight excluding hydrogens is 326 g/mol. The second-order valence-electron chi connectivity index (χ2n) is 5.72. The quantitative estimate of drug-likeness (QED) is 0.872. The van der Waals surface area contributed by atoms with Crippen LogP contribution in [-0.4, -0.2) is 28.7 Å². The Morgan fingerprint density at radius 2 is 1.96 bits per heavy atom. The number of hydrogen-bond donors (Lipinski definition) is 1. The van der Waals surface area contributed by atoms with Crippen molar-refractivity contribution in [2.45, 2.75) is 24.2 Å². The molecule has 1 heterocycles. The molecule has 0 amide bonds. The third kappa shape index (κ3) is 3.88. The molecule has 5 nitrogen and oxygen atoms in total. The fraction of sp³-hybridized carbons (Fsp3) is 0.333. The third-order valence-electron chi connectivity index (χ3n) is 4.06. The molecule has 1 N–H and O–H groups in total. The van der Waals surface area contributed by atoms with E-state index in [1.807, 2.05) is 24.3 Å². The van der Waals surface area contributed by atoms with Gasteiger partial charge in [-0.15, -0.1) is 0 Å². The summed E-state index contributed by atoms with van der Waals surface area (Å²) in [4.78, 5) is 0.293. The number of rotatable bonds is 6. The molecule has 2 aromatic carbocycles. The van der Waals surface area contributed by atoms with Crippen molar-refractivity contribution < 1.29 is 17.9 Å². The van der Waals surface area contributed by atoms with Gasteiger partial charge < -0.3 is 9.47 Å². The van der Waals surface area contributed by atoms with Crippen molar-refractivity contribution in [3.8, 4) is 11.5 Å². The Bertz CT molecular complexity index is 800. The van der Waals surface area contributed by atoms with Gasteiger partial charge in [0.1, 0.15) is 11.5 Å². The van der Waals surface area contributed by atoms with Crippen molar-refractivity contribution in [1.29, 1.82) is 0 Å². The van der Waals surface area contributed by atoms with Crippen LogP contribution in [0.1, 0.15) is 17.5 Å². The van der Waals surface area contributed by atoms with Gasteiger partial charge in [-0.25, -0.2) is 13.1 Å². The van der Waals surface area contributed by atoms with E-state index in [0.29, 0.717) is 24.5 Å². The molecule has 1 aliphatic heterocycles. The van der Waals surface area contributed by atoms with Gasteiger partial charge in [-0.3, -0.25) is 0 Å². The Balaban J connectivity index is 1.63. The maximum absolute atomic E-state index is 12.4. The Labute approximate surface area is 142 Å². The second kappa shape index (κ2) is 7.23. The minimum atomic E-state index is -3.51. The first kappa shape index (κ1) is 16.8. The number of nitrogens with one attached hydrogen (secondary N) is 1. The van der Waals surface area contributed by atoms with Gasteiger partial charge in [0, 0.05) is 6.54 Å². The van der Waals surface area contributed by atoms with Crippen LogP contribution in [0.15, 0.2) is 47.4 Å². The molecule has 3 rings (SSSR count). The summed E-state index contributed by atoms with van der Waals surface area (Å²) in [6.45, 7) is 1.04. The lowest BCUT2D eigenvalue weighted by atomic mass is 10.1. The van der Waals surface area contributed by atoms with Crippen molar-refractivity contribution in [1.82, 2.24) is 4.72 Å². The summed E-state index contributed by atoms with van der Waals surface area (Å²) in [5.74, 6) is 1.58. The molecule has 128 valence electrons. The normalized spacial score (nSPS) is 13.9. The number of aryl methyl sites for hydroxylation is 1. The molecule has 0 atom stereocenters. The fourth-order valence-corrected chi connectivity index (χ4v) is 3.79. The van der Waals surface area contributed by atoms with Crippen molar-refractivity contribution in [2.24, 2.45) is 0 Å². The lowest BCUT2D eigenvalue weighted by molar-refractivity contribution is 0.288. The Morgan fingerprint density at radius 1 is 1.17 bits per heavy atom. The molecule has 0 fully saturated rings. The van der Waals surface area contributed by atoms with Gasteiger partial charge in [-0.1, -0.05) is 12.1 Å². The van der Waals surface area contributed by atoms with Gasteiger partial charge in [-0.05, 0) is 60.7 Å². The van der Waals surface area contributed by atoms with Crippen LogP contribution in [0.5, 0.6) is 11.5 Å². The number of hydrogen-bond acceptors (Lipinski definition) is 4. The van der Waals surface area contributed by atoms with Crippen molar-refractivity contribution in [3.63, 3.8) is 0 Å². The van der Waals surface area contributed by atoms with Crippen LogP contribution in [0.4, 0.5) is 0 Å². The lowest BCUT2D eigenvalue weighted by Crippen LogP contribution is -2.26. The molecule has 6 heteroatoms. The molecule has 0 saturated heterocycles.